The van der Waals surface area contributed by atoms with E-state index in [1.165, 1.54) is 15.0 Å². The van der Waals surface area contributed by atoms with Crippen molar-refractivity contribution < 1.29 is 4.74 Å². The Bertz CT molecular complexity index is 462. The van der Waals surface area contributed by atoms with Crippen LogP contribution >= 0.6 is 11.3 Å². The van der Waals surface area contributed by atoms with E-state index in [0.717, 1.165) is 5.75 Å². The largest absolute Gasteiger partial charge is 0.490 e. The summed E-state index contributed by atoms with van der Waals surface area (Å²) in [7, 11) is 0. The number of nitrogens with two attached hydrogens (primary N) is 1. The molecule has 3 heteroatoms. The molecule has 0 radical (unpaired) electrons. The van der Waals surface area contributed by atoms with Crippen molar-refractivity contribution in [3.8, 4) is 5.75 Å². The predicted octanol–water partition coefficient (Wildman–Crippen LogP) is 3.15. The van der Waals surface area contributed by atoms with Gasteiger partial charge < -0.3 is 10.5 Å². The maximum atomic E-state index is 5.75. The molecule has 0 saturated heterocycles. The molecule has 0 unspecified atom stereocenters. The normalized spacial score (nSPS) is 11.2. The van der Waals surface area contributed by atoms with Crippen LogP contribution in [0.5, 0.6) is 5.75 Å². The van der Waals surface area contributed by atoms with Gasteiger partial charge in [-0.3, -0.25) is 0 Å². The Hall–Kier alpha value is -1.06. The second-order valence-electron chi connectivity index (χ2n) is 3.76. The molecule has 80 valence electrons. The van der Waals surface area contributed by atoms with E-state index in [9.17, 15) is 0 Å². The first-order valence-electron chi connectivity index (χ1n) is 5.09. The summed E-state index contributed by atoms with van der Waals surface area (Å²) < 4.78 is 6.96. The van der Waals surface area contributed by atoms with E-state index in [0.29, 0.717) is 6.54 Å². The van der Waals surface area contributed by atoms with Gasteiger partial charge in [-0.2, -0.15) is 0 Å². The maximum Gasteiger partial charge on any atom is 0.137 e. The number of thiophene rings is 1. The molecular formula is C12H15NOS. The Morgan fingerprint density at radius 1 is 1.40 bits per heavy atom. The topological polar surface area (TPSA) is 35.2 Å². The highest BCUT2D eigenvalue weighted by Gasteiger charge is 2.07. The van der Waals surface area contributed by atoms with Crippen molar-refractivity contribution in [2.45, 2.75) is 26.5 Å². The third kappa shape index (κ3) is 2.13. The number of hydrogen-bond donors (Lipinski definition) is 1. The van der Waals surface area contributed by atoms with Crippen LogP contribution in [0.1, 0.15) is 18.7 Å². The fraction of sp³-hybridized carbons (Fsp3) is 0.333. The molecule has 0 fully saturated rings. The van der Waals surface area contributed by atoms with Gasteiger partial charge in [0.25, 0.3) is 0 Å². The number of hydrogen-bond acceptors (Lipinski definition) is 3. The van der Waals surface area contributed by atoms with Crippen LogP contribution in [0.3, 0.4) is 0 Å². The van der Waals surface area contributed by atoms with Gasteiger partial charge in [-0.05, 0) is 31.4 Å². The number of fused-ring (bicyclic) bond motifs is 1. The van der Waals surface area contributed by atoms with Gasteiger partial charge in [0.05, 0.1) is 10.8 Å². The van der Waals surface area contributed by atoms with Crippen LogP contribution in [0.2, 0.25) is 0 Å². The zero-order chi connectivity index (χ0) is 10.8. The molecule has 2 aromatic rings. The average Bonchev–Trinajstić information content (AvgIpc) is 2.61. The molecule has 2 rings (SSSR count). The third-order valence-electron chi connectivity index (χ3n) is 2.12. The van der Waals surface area contributed by atoms with E-state index in [2.05, 4.69) is 12.1 Å². The highest BCUT2D eigenvalue weighted by Crippen LogP contribution is 2.33. The van der Waals surface area contributed by atoms with Gasteiger partial charge >= 0.3 is 0 Å². The molecule has 0 spiro atoms. The molecule has 2 nitrogen and oxygen atoms in total. The molecule has 0 saturated carbocycles. The average molecular weight is 221 g/mol. The zero-order valence-corrected chi connectivity index (χ0v) is 9.80. The smallest absolute Gasteiger partial charge is 0.137 e. The number of rotatable bonds is 3. The first-order chi connectivity index (χ1) is 7.20. The van der Waals surface area contributed by atoms with Crippen LogP contribution in [-0.2, 0) is 6.54 Å². The van der Waals surface area contributed by atoms with Crippen molar-refractivity contribution in [2.75, 3.05) is 0 Å². The maximum absolute atomic E-state index is 5.75. The van der Waals surface area contributed by atoms with Crippen LogP contribution < -0.4 is 10.5 Å². The highest BCUT2D eigenvalue weighted by atomic mass is 32.1. The fourth-order valence-corrected chi connectivity index (χ4v) is 2.53. The summed E-state index contributed by atoms with van der Waals surface area (Å²) in [6.07, 6.45) is 0.207. The third-order valence-corrected chi connectivity index (χ3v) is 3.31. The van der Waals surface area contributed by atoms with Gasteiger partial charge in [0, 0.05) is 11.4 Å². The Labute approximate surface area is 93.7 Å². The minimum atomic E-state index is 0.207. The van der Waals surface area contributed by atoms with Crippen molar-refractivity contribution in [3.05, 3.63) is 29.1 Å². The molecule has 1 aromatic heterocycles. The first kappa shape index (κ1) is 10.5. The van der Waals surface area contributed by atoms with Crippen LogP contribution in [0.4, 0.5) is 0 Å². The molecule has 2 N–H and O–H groups in total. The Morgan fingerprint density at radius 3 is 2.87 bits per heavy atom. The molecule has 1 aromatic carbocycles. The SMILES string of the molecule is CC(C)Oc1cccc2cc(CN)sc12. The summed E-state index contributed by atoms with van der Waals surface area (Å²) in [5.41, 5.74) is 5.63. The molecule has 0 bridgehead atoms. The van der Waals surface area contributed by atoms with Crippen LogP contribution in [0.15, 0.2) is 24.3 Å². The molecule has 0 aliphatic carbocycles. The predicted molar refractivity (Wildman–Crippen MR) is 65.5 cm³/mol. The van der Waals surface area contributed by atoms with Gasteiger partial charge in [-0.15, -0.1) is 11.3 Å². The summed E-state index contributed by atoms with van der Waals surface area (Å²) >= 11 is 1.72. The van der Waals surface area contributed by atoms with Crippen LogP contribution in [0, 0.1) is 0 Å². The molecule has 0 atom stereocenters. The summed E-state index contributed by atoms with van der Waals surface area (Å²) in [5.74, 6) is 0.965. The van der Waals surface area contributed by atoms with E-state index >= 15 is 0 Å². The molecular weight excluding hydrogens is 206 g/mol. The van der Waals surface area contributed by atoms with E-state index in [-0.39, 0.29) is 6.10 Å². The lowest BCUT2D eigenvalue weighted by molar-refractivity contribution is 0.246. The fourth-order valence-electron chi connectivity index (χ4n) is 1.54. The van der Waals surface area contributed by atoms with E-state index in [1.54, 1.807) is 11.3 Å². The van der Waals surface area contributed by atoms with Crippen molar-refractivity contribution in [2.24, 2.45) is 5.73 Å². The summed E-state index contributed by atoms with van der Waals surface area (Å²) in [6.45, 7) is 4.67. The lowest BCUT2D eigenvalue weighted by atomic mass is 10.2. The highest BCUT2D eigenvalue weighted by molar-refractivity contribution is 7.19. The molecule has 0 amide bonds. The zero-order valence-electron chi connectivity index (χ0n) is 8.99. The summed E-state index contributed by atoms with van der Waals surface area (Å²) in [5, 5.41) is 1.22. The Kier molecular flexibility index (Phi) is 2.93. The van der Waals surface area contributed by atoms with Crippen LogP contribution in [-0.4, -0.2) is 6.10 Å². The van der Waals surface area contributed by atoms with E-state index in [1.807, 2.05) is 26.0 Å². The lowest BCUT2D eigenvalue weighted by Crippen LogP contribution is -2.05. The summed E-state index contributed by atoms with van der Waals surface area (Å²) in [4.78, 5) is 1.20. The first-order valence-corrected chi connectivity index (χ1v) is 5.90. The molecule has 0 aliphatic rings. The minimum absolute atomic E-state index is 0.207. The van der Waals surface area contributed by atoms with E-state index in [4.69, 9.17) is 10.5 Å². The van der Waals surface area contributed by atoms with Gasteiger partial charge in [0.1, 0.15) is 5.75 Å². The van der Waals surface area contributed by atoms with Gasteiger partial charge in [0.2, 0.25) is 0 Å². The molecule has 15 heavy (non-hydrogen) atoms. The van der Waals surface area contributed by atoms with Crippen molar-refractivity contribution >= 4 is 21.4 Å². The number of benzene rings is 1. The molecule has 1 heterocycles. The van der Waals surface area contributed by atoms with Gasteiger partial charge in [-0.25, -0.2) is 0 Å². The van der Waals surface area contributed by atoms with Crippen molar-refractivity contribution in [3.63, 3.8) is 0 Å². The Morgan fingerprint density at radius 2 is 2.20 bits per heavy atom. The standard InChI is InChI=1S/C12H15NOS/c1-8(2)14-11-5-3-4-9-6-10(7-13)15-12(9)11/h3-6,8H,7,13H2,1-2H3. The van der Waals surface area contributed by atoms with Gasteiger partial charge in [0.15, 0.2) is 0 Å². The second-order valence-corrected chi connectivity index (χ2v) is 4.89. The Balaban J connectivity index is 2.49. The number of ether oxygens (including phenoxy) is 1. The monoisotopic (exact) mass is 221 g/mol. The van der Waals surface area contributed by atoms with Crippen LogP contribution in [0.25, 0.3) is 10.1 Å². The van der Waals surface area contributed by atoms with Crippen molar-refractivity contribution in [1.82, 2.24) is 0 Å². The lowest BCUT2D eigenvalue weighted by Gasteiger charge is -2.09. The minimum Gasteiger partial charge on any atom is -0.490 e. The van der Waals surface area contributed by atoms with Crippen molar-refractivity contribution in [1.29, 1.82) is 0 Å². The van der Waals surface area contributed by atoms with Gasteiger partial charge in [-0.1, -0.05) is 12.1 Å². The van der Waals surface area contributed by atoms with E-state index < -0.39 is 0 Å². The summed E-state index contributed by atoms with van der Waals surface area (Å²) in [6, 6.07) is 8.26. The molecule has 0 aliphatic heterocycles. The second kappa shape index (κ2) is 4.21. The quantitative estimate of drug-likeness (QED) is 0.864.